The quantitative estimate of drug-likeness (QED) is 0.804. The Balaban J connectivity index is 2.07. The lowest BCUT2D eigenvalue weighted by molar-refractivity contribution is -0.122. The monoisotopic (exact) mass is 241 g/mol. The highest BCUT2D eigenvalue weighted by Gasteiger charge is 2.64. The number of fused-ring (bicyclic) bond motifs is 1. The maximum atomic E-state index is 11.7. The summed E-state index contributed by atoms with van der Waals surface area (Å²) in [5.74, 6) is 0.577. The second-order valence-corrected chi connectivity index (χ2v) is 5.03. The van der Waals surface area contributed by atoms with E-state index in [9.17, 15) is 4.79 Å². The summed E-state index contributed by atoms with van der Waals surface area (Å²) in [7, 11) is 0. The van der Waals surface area contributed by atoms with E-state index in [-0.39, 0.29) is 11.3 Å². The molecule has 78 valence electrons. The van der Waals surface area contributed by atoms with Crippen LogP contribution in [0.15, 0.2) is 18.2 Å². The number of rotatable bonds is 1. The highest BCUT2D eigenvalue weighted by atomic mass is 35.5. The number of nitrogens with one attached hydrogen (secondary N) is 1. The molecular weight excluding hydrogens is 233 g/mol. The number of hydrogen-bond acceptors (Lipinski definition) is 1. The van der Waals surface area contributed by atoms with Gasteiger partial charge in [0.2, 0.25) is 5.91 Å². The minimum atomic E-state index is -0.297. The maximum Gasteiger partial charge on any atom is 0.231 e. The van der Waals surface area contributed by atoms with Gasteiger partial charge in [0.15, 0.2) is 0 Å². The van der Waals surface area contributed by atoms with Crippen LogP contribution >= 0.6 is 23.2 Å². The van der Waals surface area contributed by atoms with E-state index in [0.717, 1.165) is 18.5 Å². The van der Waals surface area contributed by atoms with E-state index in [0.29, 0.717) is 16.0 Å². The van der Waals surface area contributed by atoms with Crippen molar-refractivity contribution >= 4 is 29.1 Å². The third-order valence-electron chi connectivity index (χ3n) is 3.45. The molecule has 2 fully saturated rings. The van der Waals surface area contributed by atoms with Crippen molar-refractivity contribution in [3.05, 3.63) is 33.8 Å². The molecule has 1 N–H and O–H groups in total. The largest absolute Gasteiger partial charge is 0.355 e. The van der Waals surface area contributed by atoms with Gasteiger partial charge in [0.1, 0.15) is 0 Å². The van der Waals surface area contributed by atoms with Crippen LogP contribution in [0.2, 0.25) is 10.0 Å². The molecule has 0 bridgehead atoms. The highest BCUT2D eigenvalue weighted by molar-refractivity contribution is 6.42. The molecule has 1 heterocycles. The van der Waals surface area contributed by atoms with E-state index in [4.69, 9.17) is 23.2 Å². The van der Waals surface area contributed by atoms with Gasteiger partial charge < -0.3 is 5.32 Å². The van der Waals surface area contributed by atoms with E-state index in [2.05, 4.69) is 5.32 Å². The number of hydrogen-bond donors (Lipinski definition) is 1. The molecule has 0 radical (unpaired) electrons. The van der Waals surface area contributed by atoms with Gasteiger partial charge in [0.05, 0.1) is 15.5 Å². The molecule has 2 atom stereocenters. The maximum absolute atomic E-state index is 11.7. The predicted molar refractivity (Wildman–Crippen MR) is 59.3 cm³/mol. The van der Waals surface area contributed by atoms with Crippen LogP contribution in [0.1, 0.15) is 12.0 Å². The Morgan fingerprint density at radius 3 is 2.67 bits per heavy atom. The van der Waals surface area contributed by atoms with Gasteiger partial charge in [-0.2, -0.15) is 0 Å². The molecule has 0 aromatic heterocycles. The molecule has 1 aliphatic heterocycles. The molecule has 1 saturated carbocycles. The van der Waals surface area contributed by atoms with Gasteiger partial charge in [-0.15, -0.1) is 0 Å². The number of halogens is 2. The Morgan fingerprint density at radius 1 is 1.33 bits per heavy atom. The van der Waals surface area contributed by atoms with Gasteiger partial charge in [0.25, 0.3) is 0 Å². The molecule has 1 saturated heterocycles. The van der Waals surface area contributed by atoms with Crippen LogP contribution in [0.4, 0.5) is 0 Å². The second-order valence-electron chi connectivity index (χ2n) is 4.21. The summed E-state index contributed by atoms with van der Waals surface area (Å²) in [5.41, 5.74) is 0.700. The fourth-order valence-electron chi connectivity index (χ4n) is 2.49. The van der Waals surface area contributed by atoms with Crippen LogP contribution in [0.5, 0.6) is 0 Å². The average Bonchev–Trinajstić information content (AvgIpc) is 2.87. The SMILES string of the molecule is O=C1NC[C@H]2C[C@@]12c1ccc(Cl)c(Cl)c1. The fraction of sp³-hybridized carbons (Fsp3) is 0.364. The van der Waals surface area contributed by atoms with Crippen molar-refractivity contribution in [1.82, 2.24) is 5.32 Å². The summed E-state index contributed by atoms with van der Waals surface area (Å²) in [5, 5.41) is 3.93. The lowest BCUT2D eigenvalue weighted by atomic mass is 9.94. The fourth-order valence-corrected chi connectivity index (χ4v) is 2.78. The zero-order valence-corrected chi connectivity index (χ0v) is 9.40. The van der Waals surface area contributed by atoms with Crippen molar-refractivity contribution in [3.8, 4) is 0 Å². The first-order valence-corrected chi connectivity index (χ1v) is 5.64. The number of benzene rings is 1. The van der Waals surface area contributed by atoms with Gasteiger partial charge in [-0.1, -0.05) is 29.3 Å². The van der Waals surface area contributed by atoms with Crippen LogP contribution in [0.25, 0.3) is 0 Å². The van der Waals surface area contributed by atoms with Gasteiger partial charge in [-0.3, -0.25) is 4.79 Å². The van der Waals surface area contributed by atoms with Crippen molar-refractivity contribution in [2.24, 2.45) is 5.92 Å². The van der Waals surface area contributed by atoms with Crippen LogP contribution in [-0.2, 0) is 10.2 Å². The molecule has 1 aliphatic carbocycles. The Bertz CT molecular complexity index is 460. The summed E-state index contributed by atoms with van der Waals surface area (Å²) < 4.78 is 0. The van der Waals surface area contributed by atoms with Gasteiger partial charge >= 0.3 is 0 Å². The summed E-state index contributed by atoms with van der Waals surface area (Å²) in [6, 6.07) is 5.48. The third kappa shape index (κ3) is 1.15. The van der Waals surface area contributed by atoms with Crippen molar-refractivity contribution in [2.45, 2.75) is 11.8 Å². The topological polar surface area (TPSA) is 29.1 Å². The summed E-state index contributed by atoms with van der Waals surface area (Å²) >= 11 is 11.8. The molecular formula is C11H9Cl2NO. The summed E-state index contributed by atoms with van der Waals surface area (Å²) in [6.45, 7) is 0.791. The lowest BCUT2D eigenvalue weighted by Crippen LogP contribution is -2.27. The molecule has 1 aromatic carbocycles. The molecule has 2 nitrogen and oxygen atoms in total. The highest BCUT2D eigenvalue weighted by Crippen LogP contribution is 2.57. The van der Waals surface area contributed by atoms with Crippen molar-refractivity contribution in [1.29, 1.82) is 0 Å². The standard InChI is InChI=1S/C11H9Cl2NO/c12-8-2-1-6(3-9(8)13)11-4-7(11)5-14-10(11)15/h1-3,7H,4-5H2,(H,14,15)/t7-,11+/m1/s1. The van der Waals surface area contributed by atoms with Crippen LogP contribution in [-0.4, -0.2) is 12.5 Å². The van der Waals surface area contributed by atoms with Gasteiger partial charge in [-0.05, 0) is 30.0 Å². The predicted octanol–water partition coefficient (Wildman–Crippen LogP) is 2.38. The second kappa shape index (κ2) is 2.89. The molecule has 3 rings (SSSR count). The minimum absolute atomic E-state index is 0.130. The van der Waals surface area contributed by atoms with Gasteiger partial charge in [-0.25, -0.2) is 0 Å². The first-order chi connectivity index (χ1) is 7.14. The van der Waals surface area contributed by atoms with E-state index >= 15 is 0 Å². The Morgan fingerprint density at radius 2 is 2.13 bits per heavy atom. The normalized spacial score (nSPS) is 32.4. The Hall–Kier alpha value is -0.730. The average molecular weight is 242 g/mol. The first kappa shape index (κ1) is 9.49. The molecule has 4 heteroatoms. The molecule has 0 spiro atoms. The van der Waals surface area contributed by atoms with Crippen molar-refractivity contribution < 1.29 is 4.79 Å². The Labute approximate surface area is 97.6 Å². The zero-order chi connectivity index (χ0) is 10.6. The zero-order valence-electron chi connectivity index (χ0n) is 7.89. The Kier molecular flexibility index (Phi) is 1.83. The third-order valence-corrected chi connectivity index (χ3v) is 4.19. The van der Waals surface area contributed by atoms with Crippen LogP contribution in [0, 0.1) is 5.92 Å². The number of amides is 1. The molecule has 0 unspecified atom stereocenters. The number of piperidine rings is 1. The number of carbonyl (C=O) groups is 1. The van der Waals surface area contributed by atoms with Gasteiger partial charge in [0, 0.05) is 6.54 Å². The summed E-state index contributed by atoms with van der Waals surface area (Å²) in [6.07, 6.45) is 0.941. The lowest BCUT2D eigenvalue weighted by Gasteiger charge is -2.11. The van der Waals surface area contributed by atoms with Crippen LogP contribution in [0.3, 0.4) is 0 Å². The molecule has 1 amide bonds. The first-order valence-electron chi connectivity index (χ1n) is 4.88. The summed E-state index contributed by atoms with van der Waals surface area (Å²) in [4.78, 5) is 11.7. The minimum Gasteiger partial charge on any atom is -0.355 e. The van der Waals surface area contributed by atoms with Crippen LogP contribution < -0.4 is 5.32 Å². The molecule has 2 aliphatic rings. The van der Waals surface area contributed by atoms with E-state index in [1.54, 1.807) is 6.07 Å². The van der Waals surface area contributed by atoms with E-state index in [1.165, 1.54) is 0 Å². The molecule has 15 heavy (non-hydrogen) atoms. The van der Waals surface area contributed by atoms with Crippen molar-refractivity contribution in [3.63, 3.8) is 0 Å². The smallest absolute Gasteiger partial charge is 0.231 e. The van der Waals surface area contributed by atoms with E-state index in [1.807, 2.05) is 12.1 Å². The van der Waals surface area contributed by atoms with Crippen molar-refractivity contribution in [2.75, 3.05) is 6.54 Å². The number of carbonyl (C=O) groups excluding carboxylic acids is 1. The van der Waals surface area contributed by atoms with E-state index < -0.39 is 0 Å². The molecule has 1 aromatic rings.